The minimum absolute atomic E-state index is 0.0373. The van der Waals surface area contributed by atoms with Gasteiger partial charge in [0, 0.05) is 17.0 Å². The summed E-state index contributed by atoms with van der Waals surface area (Å²) in [6, 6.07) is 8.13. The molecular weight excluding hydrogens is 234 g/mol. The smallest absolute Gasteiger partial charge is 0.162 e. The fourth-order valence-corrected chi connectivity index (χ4v) is 2.04. The van der Waals surface area contributed by atoms with Crippen molar-refractivity contribution in [2.24, 2.45) is 0 Å². The van der Waals surface area contributed by atoms with E-state index in [1.807, 2.05) is 6.07 Å². The third-order valence-electron chi connectivity index (χ3n) is 3.14. The van der Waals surface area contributed by atoms with Gasteiger partial charge in [-0.25, -0.2) is 9.97 Å². The van der Waals surface area contributed by atoms with E-state index in [-0.39, 0.29) is 5.41 Å². The van der Waals surface area contributed by atoms with Crippen molar-refractivity contribution in [1.29, 1.82) is 0 Å². The van der Waals surface area contributed by atoms with Crippen LogP contribution in [0.15, 0.2) is 24.3 Å². The van der Waals surface area contributed by atoms with Crippen LogP contribution < -0.4 is 5.73 Å². The van der Waals surface area contributed by atoms with Crippen LogP contribution in [0.5, 0.6) is 0 Å². The highest BCUT2D eigenvalue weighted by Gasteiger charge is 2.18. The predicted molar refractivity (Wildman–Crippen MR) is 80.1 cm³/mol. The number of benzene rings is 1. The summed E-state index contributed by atoms with van der Waals surface area (Å²) in [5.41, 5.74) is 10.3. The van der Waals surface area contributed by atoms with Crippen molar-refractivity contribution in [2.75, 3.05) is 5.73 Å². The standard InChI is InChI=1S/C16H21N3/c1-10-6-7-12(11(2)8-10)15-18-13(16(3,4)5)9-14(17)19-15/h6-9H,1-5H3,(H2,17,18,19). The molecule has 0 fully saturated rings. The molecule has 1 aromatic heterocycles. The maximum Gasteiger partial charge on any atom is 0.162 e. The molecule has 0 atom stereocenters. The quantitative estimate of drug-likeness (QED) is 0.846. The Balaban J connectivity index is 2.59. The fourth-order valence-electron chi connectivity index (χ4n) is 2.04. The highest BCUT2D eigenvalue weighted by Crippen LogP contribution is 2.26. The lowest BCUT2D eigenvalue weighted by molar-refractivity contribution is 0.568. The van der Waals surface area contributed by atoms with Gasteiger partial charge in [0.2, 0.25) is 0 Å². The largest absolute Gasteiger partial charge is 0.384 e. The Morgan fingerprint density at radius 2 is 1.68 bits per heavy atom. The Kier molecular flexibility index (Phi) is 3.31. The van der Waals surface area contributed by atoms with Crippen LogP contribution in [0, 0.1) is 13.8 Å². The Morgan fingerprint density at radius 3 is 2.26 bits per heavy atom. The van der Waals surface area contributed by atoms with E-state index in [9.17, 15) is 0 Å². The van der Waals surface area contributed by atoms with E-state index in [0.717, 1.165) is 11.3 Å². The molecule has 0 aliphatic carbocycles. The number of nitrogens with zero attached hydrogens (tertiary/aromatic N) is 2. The minimum atomic E-state index is -0.0373. The average Bonchev–Trinajstić information content (AvgIpc) is 2.26. The molecule has 3 heteroatoms. The number of nitrogens with two attached hydrogens (primary N) is 1. The van der Waals surface area contributed by atoms with Crippen molar-refractivity contribution >= 4 is 5.82 Å². The van der Waals surface area contributed by atoms with Crippen LogP contribution >= 0.6 is 0 Å². The molecule has 2 N–H and O–H groups in total. The normalized spacial score (nSPS) is 11.6. The second-order valence-electron chi connectivity index (χ2n) is 6.07. The lowest BCUT2D eigenvalue weighted by atomic mass is 9.91. The molecular formula is C16H21N3. The summed E-state index contributed by atoms with van der Waals surface area (Å²) in [4.78, 5) is 9.05. The monoisotopic (exact) mass is 255 g/mol. The van der Waals surface area contributed by atoms with Crippen molar-refractivity contribution < 1.29 is 0 Å². The van der Waals surface area contributed by atoms with E-state index >= 15 is 0 Å². The summed E-state index contributed by atoms with van der Waals surface area (Å²) in [7, 11) is 0. The van der Waals surface area contributed by atoms with Crippen LogP contribution in [0.2, 0.25) is 0 Å². The molecule has 0 aliphatic heterocycles. The van der Waals surface area contributed by atoms with Gasteiger partial charge in [0.05, 0.1) is 5.69 Å². The highest BCUT2D eigenvalue weighted by atomic mass is 15.0. The van der Waals surface area contributed by atoms with Gasteiger partial charge in [-0.15, -0.1) is 0 Å². The lowest BCUT2D eigenvalue weighted by Gasteiger charge is -2.19. The molecule has 100 valence electrons. The van der Waals surface area contributed by atoms with Gasteiger partial charge in [-0.2, -0.15) is 0 Å². The molecule has 0 amide bonds. The number of nitrogen functional groups attached to an aromatic ring is 1. The van der Waals surface area contributed by atoms with Gasteiger partial charge < -0.3 is 5.73 Å². The molecule has 0 unspecified atom stereocenters. The van der Waals surface area contributed by atoms with Gasteiger partial charge in [0.1, 0.15) is 5.82 Å². The van der Waals surface area contributed by atoms with E-state index < -0.39 is 0 Å². The Morgan fingerprint density at radius 1 is 1.00 bits per heavy atom. The summed E-state index contributed by atoms with van der Waals surface area (Å²) in [5, 5.41) is 0. The van der Waals surface area contributed by atoms with Gasteiger partial charge in [0.25, 0.3) is 0 Å². The van der Waals surface area contributed by atoms with Crippen molar-refractivity contribution in [2.45, 2.75) is 40.0 Å². The zero-order chi connectivity index (χ0) is 14.2. The van der Waals surface area contributed by atoms with E-state index in [1.165, 1.54) is 11.1 Å². The van der Waals surface area contributed by atoms with E-state index in [4.69, 9.17) is 5.73 Å². The van der Waals surface area contributed by atoms with E-state index in [1.54, 1.807) is 0 Å². The Bertz CT molecular complexity index is 610. The summed E-state index contributed by atoms with van der Waals surface area (Å²) < 4.78 is 0. The van der Waals surface area contributed by atoms with Crippen LogP contribution in [-0.2, 0) is 5.41 Å². The molecule has 0 bridgehead atoms. The van der Waals surface area contributed by atoms with Crippen LogP contribution in [0.25, 0.3) is 11.4 Å². The second-order valence-corrected chi connectivity index (χ2v) is 6.07. The molecule has 19 heavy (non-hydrogen) atoms. The molecule has 2 aromatic rings. The number of aromatic nitrogens is 2. The molecule has 1 aromatic carbocycles. The van der Waals surface area contributed by atoms with Crippen LogP contribution in [0.4, 0.5) is 5.82 Å². The van der Waals surface area contributed by atoms with Crippen molar-refractivity contribution in [1.82, 2.24) is 9.97 Å². The summed E-state index contributed by atoms with van der Waals surface area (Å²) in [5.74, 6) is 1.23. The number of aryl methyl sites for hydroxylation is 2. The molecule has 3 nitrogen and oxygen atoms in total. The van der Waals surface area contributed by atoms with Crippen LogP contribution in [-0.4, -0.2) is 9.97 Å². The summed E-state index contributed by atoms with van der Waals surface area (Å²) >= 11 is 0. The first-order valence-electron chi connectivity index (χ1n) is 6.50. The first-order valence-corrected chi connectivity index (χ1v) is 6.50. The third kappa shape index (κ3) is 2.92. The van der Waals surface area contributed by atoms with E-state index in [0.29, 0.717) is 11.6 Å². The summed E-state index contributed by atoms with van der Waals surface area (Å²) in [6.07, 6.45) is 0. The molecule has 1 heterocycles. The zero-order valence-electron chi connectivity index (χ0n) is 12.3. The number of hydrogen-bond donors (Lipinski definition) is 1. The predicted octanol–water partition coefficient (Wildman–Crippen LogP) is 3.64. The van der Waals surface area contributed by atoms with Crippen molar-refractivity contribution in [3.05, 3.63) is 41.1 Å². The van der Waals surface area contributed by atoms with Gasteiger partial charge in [-0.3, -0.25) is 0 Å². The molecule has 0 radical (unpaired) electrons. The first kappa shape index (κ1) is 13.5. The molecule has 0 saturated heterocycles. The first-order chi connectivity index (χ1) is 8.77. The van der Waals surface area contributed by atoms with Crippen LogP contribution in [0.3, 0.4) is 0 Å². The van der Waals surface area contributed by atoms with Gasteiger partial charge in [-0.1, -0.05) is 44.5 Å². The topological polar surface area (TPSA) is 51.8 Å². The van der Waals surface area contributed by atoms with Gasteiger partial charge >= 0.3 is 0 Å². The molecule has 0 spiro atoms. The second kappa shape index (κ2) is 4.65. The molecule has 0 aliphatic rings. The lowest BCUT2D eigenvalue weighted by Crippen LogP contribution is -2.15. The maximum absolute atomic E-state index is 5.92. The van der Waals surface area contributed by atoms with E-state index in [2.05, 4.69) is 62.8 Å². The average molecular weight is 255 g/mol. The van der Waals surface area contributed by atoms with Gasteiger partial charge in [0.15, 0.2) is 5.82 Å². The number of hydrogen-bond acceptors (Lipinski definition) is 3. The number of rotatable bonds is 1. The van der Waals surface area contributed by atoms with Crippen LogP contribution in [0.1, 0.15) is 37.6 Å². The summed E-state index contributed by atoms with van der Waals surface area (Å²) in [6.45, 7) is 10.5. The van der Waals surface area contributed by atoms with Crippen molar-refractivity contribution in [3.63, 3.8) is 0 Å². The van der Waals surface area contributed by atoms with Gasteiger partial charge in [-0.05, 0) is 19.4 Å². The third-order valence-corrected chi connectivity index (χ3v) is 3.14. The Labute approximate surface area is 114 Å². The Hall–Kier alpha value is -1.90. The highest BCUT2D eigenvalue weighted by molar-refractivity contribution is 5.62. The molecule has 2 rings (SSSR count). The number of anilines is 1. The van der Waals surface area contributed by atoms with Crippen molar-refractivity contribution in [3.8, 4) is 11.4 Å². The maximum atomic E-state index is 5.92. The zero-order valence-corrected chi connectivity index (χ0v) is 12.3. The minimum Gasteiger partial charge on any atom is -0.384 e. The molecule has 0 saturated carbocycles. The fraction of sp³-hybridized carbons (Fsp3) is 0.375. The SMILES string of the molecule is Cc1ccc(-c2nc(N)cc(C(C)(C)C)n2)c(C)c1.